The van der Waals surface area contributed by atoms with Crippen molar-refractivity contribution >= 4 is 11.6 Å². The van der Waals surface area contributed by atoms with Crippen molar-refractivity contribution in [3.05, 3.63) is 98.2 Å². The molecule has 166 valence electrons. The number of hydrogen-bond donors (Lipinski definition) is 1. The summed E-state index contributed by atoms with van der Waals surface area (Å²) in [5, 5.41) is 0. The van der Waals surface area contributed by atoms with Crippen LogP contribution in [0.3, 0.4) is 0 Å². The fourth-order valence-corrected chi connectivity index (χ4v) is 4.43. The van der Waals surface area contributed by atoms with Crippen LogP contribution in [0.5, 0.6) is 0 Å². The van der Waals surface area contributed by atoms with Gasteiger partial charge in [0.15, 0.2) is 5.78 Å². The molecule has 32 heavy (non-hydrogen) atoms. The quantitative estimate of drug-likeness (QED) is 0.579. The zero-order valence-electron chi connectivity index (χ0n) is 18.2. The predicted octanol–water partition coefficient (Wildman–Crippen LogP) is 2.33. The van der Waals surface area contributed by atoms with Gasteiger partial charge in [0, 0.05) is 13.1 Å². The highest BCUT2D eigenvalue weighted by molar-refractivity contribution is 6.01. The van der Waals surface area contributed by atoms with Gasteiger partial charge in [0.05, 0.1) is 13.1 Å². The van der Waals surface area contributed by atoms with E-state index < -0.39 is 11.2 Å². The van der Waals surface area contributed by atoms with E-state index in [1.807, 2.05) is 48.5 Å². The number of benzene rings is 2. The summed E-state index contributed by atoms with van der Waals surface area (Å²) in [7, 11) is 0. The lowest BCUT2D eigenvalue weighted by atomic mass is 9.99. The van der Waals surface area contributed by atoms with Crippen molar-refractivity contribution < 1.29 is 4.79 Å². The molecule has 0 radical (unpaired) electrons. The Kier molecular flexibility index (Phi) is 6.37. The van der Waals surface area contributed by atoms with Crippen LogP contribution in [-0.4, -0.2) is 39.5 Å². The summed E-state index contributed by atoms with van der Waals surface area (Å²) in [6.45, 7) is 3.72. The Morgan fingerprint density at radius 3 is 2.31 bits per heavy atom. The molecule has 2 N–H and O–H groups in total. The number of Topliss-reactive ketones (excluding diaryl/α,β-unsaturated/α-hetero) is 1. The number of aromatic nitrogens is 2. The summed E-state index contributed by atoms with van der Waals surface area (Å²) in [5.41, 5.74) is 7.18. The minimum Gasteiger partial charge on any atom is -0.384 e. The maximum absolute atomic E-state index is 13.2. The number of carbonyl (C=O) groups is 1. The molecule has 0 spiro atoms. The predicted molar refractivity (Wildman–Crippen MR) is 125 cm³/mol. The van der Waals surface area contributed by atoms with Gasteiger partial charge in [0.1, 0.15) is 11.4 Å². The van der Waals surface area contributed by atoms with E-state index in [1.54, 1.807) is 6.92 Å². The second-order valence-electron chi connectivity index (χ2n) is 8.22. The van der Waals surface area contributed by atoms with Gasteiger partial charge in [-0.15, -0.1) is 0 Å². The molecule has 2 heterocycles. The van der Waals surface area contributed by atoms with Crippen LogP contribution >= 0.6 is 0 Å². The highest BCUT2D eigenvalue weighted by atomic mass is 16.2. The summed E-state index contributed by atoms with van der Waals surface area (Å²) in [6.07, 6.45) is 0.958. The molecule has 1 aromatic heterocycles. The van der Waals surface area contributed by atoms with Gasteiger partial charge in [-0.3, -0.25) is 23.6 Å². The van der Waals surface area contributed by atoms with Crippen molar-refractivity contribution in [2.24, 2.45) is 0 Å². The van der Waals surface area contributed by atoms with Crippen molar-refractivity contribution in [3.63, 3.8) is 0 Å². The summed E-state index contributed by atoms with van der Waals surface area (Å²) in [6, 6.07) is 19.6. The van der Waals surface area contributed by atoms with Crippen LogP contribution < -0.4 is 17.0 Å². The fraction of sp³-hybridized carbons (Fsp3) is 0.320. The summed E-state index contributed by atoms with van der Waals surface area (Å²) >= 11 is 0. The van der Waals surface area contributed by atoms with Crippen LogP contribution in [0.1, 0.15) is 40.7 Å². The molecule has 1 aliphatic rings. The van der Waals surface area contributed by atoms with E-state index in [1.165, 1.54) is 10.1 Å². The average molecular weight is 433 g/mol. The summed E-state index contributed by atoms with van der Waals surface area (Å²) < 4.78 is 2.41. The average Bonchev–Trinajstić information content (AvgIpc) is 3.27. The van der Waals surface area contributed by atoms with Crippen LogP contribution in [0, 0.1) is 0 Å². The molecule has 0 amide bonds. The maximum atomic E-state index is 13.2. The normalized spacial score (nSPS) is 16.3. The molecule has 3 aromatic rings. The first kappa shape index (κ1) is 21.8. The highest BCUT2D eigenvalue weighted by Gasteiger charge is 2.28. The van der Waals surface area contributed by atoms with Gasteiger partial charge >= 0.3 is 5.69 Å². The van der Waals surface area contributed by atoms with Crippen LogP contribution in [0.4, 0.5) is 5.82 Å². The lowest BCUT2D eigenvalue weighted by Crippen LogP contribution is -2.45. The molecule has 1 atom stereocenters. The van der Waals surface area contributed by atoms with Gasteiger partial charge < -0.3 is 5.73 Å². The fourth-order valence-electron chi connectivity index (χ4n) is 4.43. The molecular weight excluding hydrogens is 404 g/mol. The molecule has 0 aliphatic carbocycles. The number of likely N-dealkylation sites (tertiary alicyclic amines) is 1. The summed E-state index contributed by atoms with van der Waals surface area (Å²) in [5.74, 6) is -0.0386. The van der Waals surface area contributed by atoms with Crippen molar-refractivity contribution in [2.75, 3.05) is 25.4 Å². The largest absolute Gasteiger partial charge is 0.384 e. The van der Waals surface area contributed by atoms with E-state index >= 15 is 0 Å². The first-order valence-corrected chi connectivity index (χ1v) is 11.0. The number of nitrogen functional groups attached to an aromatic ring is 1. The zero-order valence-corrected chi connectivity index (χ0v) is 18.2. The molecule has 2 aromatic carbocycles. The number of rotatable bonds is 7. The maximum Gasteiger partial charge on any atom is 0.332 e. The first-order chi connectivity index (χ1) is 15.5. The Morgan fingerprint density at radius 2 is 1.66 bits per heavy atom. The number of ketones is 1. The third-order valence-corrected chi connectivity index (χ3v) is 6.16. The van der Waals surface area contributed by atoms with Gasteiger partial charge in [-0.25, -0.2) is 4.79 Å². The van der Waals surface area contributed by atoms with E-state index in [2.05, 4.69) is 17.0 Å². The Hall–Kier alpha value is -3.45. The SMILES string of the molecule is CCn1c(=O)c(C(=O)CN2CCC(c3ccccc3)C2)c(N)n(Cc2ccccc2)c1=O. The number of hydrogen-bond acceptors (Lipinski definition) is 5. The van der Waals surface area contributed by atoms with Crippen molar-refractivity contribution in [3.8, 4) is 0 Å². The Balaban J connectivity index is 1.61. The van der Waals surface area contributed by atoms with E-state index in [0.717, 1.165) is 29.6 Å². The van der Waals surface area contributed by atoms with Crippen molar-refractivity contribution in [1.82, 2.24) is 14.0 Å². The third kappa shape index (κ3) is 4.29. The third-order valence-electron chi connectivity index (χ3n) is 6.16. The van der Waals surface area contributed by atoms with E-state index in [0.29, 0.717) is 5.92 Å². The highest BCUT2D eigenvalue weighted by Crippen LogP contribution is 2.27. The number of nitrogens with zero attached hydrogens (tertiary/aromatic N) is 3. The van der Waals surface area contributed by atoms with Gasteiger partial charge in [0.2, 0.25) is 0 Å². The molecule has 0 saturated carbocycles. The van der Waals surface area contributed by atoms with Gasteiger partial charge in [-0.1, -0.05) is 60.7 Å². The molecule has 0 bridgehead atoms. The number of anilines is 1. The molecule has 1 saturated heterocycles. The minimum absolute atomic E-state index is 0.0580. The Bertz CT molecular complexity index is 1220. The van der Waals surface area contributed by atoms with E-state index in [9.17, 15) is 14.4 Å². The zero-order chi connectivity index (χ0) is 22.7. The molecule has 1 fully saturated rings. The molecule has 7 nitrogen and oxygen atoms in total. The molecule has 4 rings (SSSR count). The van der Waals surface area contributed by atoms with Gasteiger partial charge in [-0.2, -0.15) is 0 Å². The van der Waals surface area contributed by atoms with Crippen molar-refractivity contribution in [1.29, 1.82) is 0 Å². The lowest BCUT2D eigenvalue weighted by Gasteiger charge is -2.18. The topological polar surface area (TPSA) is 90.3 Å². The van der Waals surface area contributed by atoms with E-state index in [-0.39, 0.29) is 36.8 Å². The second kappa shape index (κ2) is 9.36. The Morgan fingerprint density at radius 1 is 1.00 bits per heavy atom. The standard InChI is InChI=1S/C25H28N4O3/c1-2-28-24(31)22(23(26)29(25(28)32)15-18-9-5-3-6-10-18)21(30)17-27-14-13-20(16-27)19-11-7-4-8-12-19/h3-12,20H,2,13-17,26H2,1H3. The number of carbonyl (C=O) groups excluding carboxylic acids is 1. The first-order valence-electron chi connectivity index (χ1n) is 11.0. The molecular formula is C25H28N4O3. The van der Waals surface area contributed by atoms with Crippen LogP contribution in [-0.2, 0) is 13.1 Å². The van der Waals surface area contributed by atoms with Crippen LogP contribution in [0.2, 0.25) is 0 Å². The van der Waals surface area contributed by atoms with Crippen LogP contribution in [0.25, 0.3) is 0 Å². The van der Waals surface area contributed by atoms with Gasteiger partial charge in [-0.05, 0) is 36.9 Å². The van der Waals surface area contributed by atoms with Crippen molar-refractivity contribution in [2.45, 2.75) is 32.4 Å². The second-order valence-corrected chi connectivity index (χ2v) is 8.22. The molecule has 7 heteroatoms. The monoisotopic (exact) mass is 432 g/mol. The number of nitrogens with two attached hydrogens (primary N) is 1. The van der Waals surface area contributed by atoms with Crippen LogP contribution in [0.15, 0.2) is 70.3 Å². The minimum atomic E-state index is -0.608. The smallest absolute Gasteiger partial charge is 0.332 e. The van der Waals surface area contributed by atoms with Gasteiger partial charge in [0.25, 0.3) is 5.56 Å². The Labute approximate surface area is 186 Å². The summed E-state index contributed by atoms with van der Waals surface area (Å²) in [4.78, 5) is 41.1. The molecule has 1 unspecified atom stereocenters. The lowest BCUT2D eigenvalue weighted by molar-refractivity contribution is 0.0942. The van der Waals surface area contributed by atoms with E-state index in [4.69, 9.17) is 5.73 Å². The molecule has 1 aliphatic heterocycles.